The van der Waals surface area contributed by atoms with E-state index in [0.717, 1.165) is 29.7 Å². The zero-order chi connectivity index (χ0) is 13.9. The van der Waals surface area contributed by atoms with E-state index in [9.17, 15) is 4.79 Å². The highest BCUT2D eigenvalue weighted by molar-refractivity contribution is 5.88. The maximum atomic E-state index is 12.1. The molecule has 1 aromatic carbocycles. The summed E-state index contributed by atoms with van der Waals surface area (Å²) in [4.78, 5) is 12.1. The summed E-state index contributed by atoms with van der Waals surface area (Å²) in [6, 6.07) is 8.81. The van der Waals surface area contributed by atoms with E-state index >= 15 is 0 Å². The molecule has 3 rings (SSSR count). The lowest BCUT2D eigenvalue weighted by atomic mass is 10.1. The van der Waals surface area contributed by atoms with Crippen LogP contribution in [0.1, 0.15) is 31.9 Å². The summed E-state index contributed by atoms with van der Waals surface area (Å²) in [6.45, 7) is 3.71. The molecule has 0 spiro atoms. The minimum Gasteiger partial charge on any atom is -0.314 e. The number of carbonyl (C=O) groups excluding carboxylic acids is 1. The third-order valence-electron chi connectivity index (χ3n) is 3.81. The molecule has 0 atom stereocenters. The second-order valence-corrected chi connectivity index (χ2v) is 5.47. The first-order valence-corrected chi connectivity index (χ1v) is 7.47. The summed E-state index contributed by atoms with van der Waals surface area (Å²) >= 11 is 0. The Labute approximate surface area is 119 Å². The van der Waals surface area contributed by atoms with E-state index in [0.29, 0.717) is 18.9 Å². The molecule has 0 bridgehead atoms. The van der Waals surface area contributed by atoms with Crippen molar-refractivity contribution in [3.8, 4) is 0 Å². The van der Waals surface area contributed by atoms with Gasteiger partial charge in [0.15, 0.2) is 0 Å². The van der Waals surface area contributed by atoms with Crippen molar-refractivity contribution in [2.45, 2.75) is 45.2 Å². The molecule has 0 radical (unpaired) electrons. The van der Waals surface area contributed by atoms with Gasteiger partial charge in [0, 0.05) is 30.9 Å². The summed E-state index contributed by atoms with van der Waals surface area (Å²) in [5, 5.41) is 9.07. The van der Waals surface area contributed by atoms with E-state index < -0.39 is 0 Å². The van der Waals surface area contributed by atoms with Crippen LogP contribution in [0.4, 0.5) is 0 Å². The lowest BCUT2D eigenvalue weighted by molar-refractivity contribution is -0.118. The van der Waals surface area contributed by atoms with Crippen LogP contribution in [0.15, 0.2) is 24.3 Å². The minimum atomic E-state index is 0.268. The number of nitrogens with zero attached hydrogens (tertiary/aromatic N) is 2. The van der Waals surface area contributed by atoms with Gasteiger partial charge >= 0.3 is 0 Å². The summed E-state index contributed by atoms with van der Waals surface area (Å²) in [5.74, 6) is 0.268. The molecule has 2 aromatic rings. The number of hydrogen-bond donors (Lipinski definition) is 1. The number of benzene rings is 1. The normalized spacial score (nSPS) is 14.8. The topological polar surface area (TPSA) is 46.9 Å². The van der Waals surface area contributed by atoms with Gasteiger partial charge in [-0.3, -0.25) is 9.48 Å². The van der Waals surface area contributed by atoms with E-state index in [-0.39, 0.29) is 5.78 Å². The van der Waals surface area contributed by atoms with Crippen LogP contribution in [0.2, 0.25) is 0 Å². The highest BCUT2D eigenvalue weighted by Crippen LogP contribution is 2.20. The van der Waals surface area contributed by atoms with Gasteiger partial charge in [0.2, 0.25) is 0 Å². The molecule has 1 saturated carbocycles. The van der Waals surface area contributed by atoms with Gasteiger partial charge < -0.3 is 5.32 Å². The summed E-state index contributed by atoms with van der Waals surface area (Å²) in [6.07, 6.45) is 3.57. The molecule has 0 saturated heterocycles. The van der Waals surface area contributed by atoms with Crippen molar-refractivity contribution in [3.63, 3.8) is 0 Å². The Kier molecular flexibility index (Phi) is 3.83. The number of aromatic nitrogens is 2. The maximum Gasteiger partial charge on any atom is 0.140 e. The van der Waals surface area contributed by atoms with E-state index in [1.165, 1.54) is 12.8 Å². The van der Waals surface area contributed by atoms with Crippen molar-refractivity contribution in [1.29, 1.82) is 0 Å². The quantitative estimate of drug-likeness (QED) is 0.840. The van der Waals surface area contributed by atoms with Crippen molar-refractivity contribution in [2.24, 2.45) is 0 Å². The number of nitrogens with one attached hydrogen (secondary N) is 1. The van der Waals surface area contributed by atoms with Crippen molar-refractivity contribution >= 4 is 16.7 Å². The molecule has 106 valence electrons. The summed E-state index contributed by atoms with van der Waals surface area (Å²) in [7, 11) is 0. The second kappa shape index (κ2) is 5.75. The zero-order valence-corrected chi connectivity index (χ0v) is 11.9. The second-order valence-electron chi connectivity index (χ2n) is 5.47. The molecular weight excluding hydrogens is 250 g/mol. The van der Waals surface area contributed by atoms with Gasteiger partial charge in [-0.1, -0.05) is 18.2 Å². The van der Waals surface area contributed by atoms with Crippen molar-refractivity contribution < 1.29 is 4.79 Å². The molecule has 1 fully saturated rings. The predicted octanol–water partition coefficient (Wildman–Crippen LogP) is 2.31. The number of carbonyl (C=O) groups is 1. The number of hydrogen-bond acceptors (Lipinski definition) is 3. The third-order valence-corrected chi connectivity index (χ3v) is 3.81. The van der Waals surface area contributed by atoms with E-state index in [4.69, 9.17) is 0 Å². The van der Waals surface area contributed by atoms with Crippen molar-refractivity contribution in [2.75, 3.05) is 6.54 Å². The summed E-state index contributed by atoms with van der Waals surface area (Å²) < 4.78 is 1.97. The molecule has 1 heterocycles. The molecule has 0 amide bonds. The van der Waals surface area contributed by atoms with Crippen LogP contribution in [0.25, 0.3) is 10.9 Å². The van der Waals surface area contributed by atoms with Gasteiger partial charge in [0.25, 0.3) is 0 Å². The van der Waals surface area contributed by atoms with E-state index in [1.54, 1.807) is 0 Å². The Bertz CT molecular complexity index is 613. The minimum absolute atomic E-state index is 0.268. The fourth-order valence-electron chi connectivity index (χ4n) is 2.55. The Morgan fingerprint density at radius 3 is 2.95 bits per heavy atom. The zero-order valence-electron chi connectivity index (χ0n) is 11.9. The molecule has 1 aromatic heterocycles. The van der Waals surface area contributed by atoms with Gasteiger partial charge in [-0.05, 0) is 25.8 Å². The fraction of sp³-hybridized carbons (Fsp3) is 0.500. The predicted molar refractivity (Wildman–Crippen MR) is 79.8 cm³/mol. The molecule has 4 heteroatoms. The van der Waals surface area contributed by atoms with Crippen LogP contribution in [-0.4, -0.2) is 28.2 Å². The molecule has 0 aliphatic heterocycles. The number of rotatable bonds is 7. The standard InChI is InChI=1S/C16H21N3O/c1-2-19-16-6-4-3-5-14(16)15(18-19)11-13(20)9-10-17-12-7-8-12/h3-6,12,17H,2,7-11H2,1H3. The highest BCUT2D eigenvalue weighted by atomic mass is 16.1. The number of para-hydroxylation sites is 1. The van der Waals surface area contributed by atoms with Crippen molar-refractivity contribution in [3.05, 3.63) is 30.0 Å². The van der Waals surface area contributed by atoms with Gasteiger partial charge in [0.1, 0.15) is 5.78 Å². The first-order valence-electron chi connectivity index (χ1n) is 7.47. The van der Waals surface area contributed by atoms with Crippen molar-refractivity contribution in [1.82, 2.24) is 15.1 Å². The average Bonchev–Trinajstić information content (AvgIpc) is 3.21. The Morgan fingerprint density at radius 2 is 2.20 bits per heavy atom. The van der Waals surface area contributed by atoms with Gasteiger partial charge in [0.05, 0.1) is 17.6 Å². The number of ketones is 1. The molecular formula is C16H21N3O. The lowest BCUT2D eigenvalue weighted by Gasteiger charge is -2.01. The lowest BCUT2D eigenvalue weighted by Crippen LogP contribution is -2.21. The number of fused-ring (bicyclic) bond motifs is 1. The van der Waals surface area contributed by atoms with Gasteiger partial charge in [-0.2, -0.15) is 5.10 Å². The first kappa shape index (κ1) is 13.3. The molecule has 4 nitrogen and oxygen atoms in total. The molecule has 1 aliphatic rings. The highest BCUT2D eigenvalue weighted by Gasteiger charge is 2.20. The first-order chi connectivity index (χ1) is 9.78. The Morgan fingerprint density at radius 1 is 1.40 bits per heavy atom. The largest absolute Gasteiger partial charge is 0.314 e. The smallest absolute Gasteiger partial charge is 0.140 e. The number of Topliss-reactive ketones (excluding diaryl/α,β-unsaturated/α-hetero) is 1. The maximum absolute atomic E-state index is 12.1. The van der Waals surface area contributed by atoms with Crippen LogP contribution >= 0.6 is 0 Å². The van der Waals surface area contributed by atoms with Crippen LogP contribution < -0.4 is 5.32 Å². The third kappa shape index (κ3) is 2.90. The van der Waals surface area contributed by atoms with E-state index in [2.05, 4.69) is 29.5 Å². The average molecular weight is 271 g/mol. The number of aryl methyl sites for hydroxylation is 1. The Balaban J connectivity index is 1.68. The van der Waals surface area contributed by atoms with Gasteiger partial charge in [-0.15, -0.1) is 0 Å². The van der Waals surface area contributed by atoms with Gasteiger partial charge in [-0.25, -0.2) is 0 Å². The Hall–Kier alpha value is -1.68. The van der Waals surface area contributed by atoms with Crippen LogP contribution in [0, 0.1) is 0 Å². The van der Waals surface area contributed by atoms with Crippen LogP contribution in [0.5, 0.6) is 0 Å². The monoisotopic (exact) mass is 271 g/mol. The fourth-order valence-corrected chi connectivity index (χ4v) is 2.55. The molecule has 1 N–H and O–H groups in total. The van der Waals surface area contributed by atoms with E-state index in [1.807, 2.05) is 16.8 Å². The van der Waals surface area contributed by atoms with Crippen LogP contribution in [-0.2, 0) is 17.8 Å². The molecule has 0 unspecified atom stereocenters. The summed E-state index contributed by atoms with van der Waals surface area (Å²) in [5.41, 5.74) is 2.03. The van der Waals surface area contributed by atoms with Crippen LogP contribution in [0.3, 0.4) is 0 Å². The molecule has 20 heavy (non-hydrogen) atoms. The molecule has 1 aliphatic carbocycles. The SMILES string of the molecule is CCn1nc(CC(=O)CCNC2CC2)c2ccccc21.